The summed E-state index contributed by atoms with van der Waals surface area (Å²) in [5.74, 6) is 0.474. The molecule has 4 nitrogen and oxygen atoms in total. The molecule has 2 N–H and O–H groups in total. The molecule has 2 atom stereocenters. The van der Waals surface area contributed by atoms with E-state index in [1.165, 1.54) is 0 Å². The average Bonchev–Trinajstić information content (AvgIpc) is 2.45. The smallest absolute Gasteiger partial charge is 0.254 e. The van der Waals surface area contributed by atoms with Gasteiger partial charge in [-0.2, -0.15) is 0 Å². The first-order chi connectivity index (χ1) is 9.52. The minimum atomic E-state index is -0.141. The molecule has 20 heavy (non-hydrogen) atoms. The lowest BCUT2D eigenvalue weighted by molar-refractivity contribution is 0.0434. The van der Waals surface area contributed by atoms with Crippen LogP contribution in [0.25, 0.3) is 0 Å². The van der Waals surface area contributed by atoms with Gasteiger partial charge in [0.2, 0.25) is 0 Å². The molecule has 0 aromatic heterocycles. The molecule has 0 radical (unpaired) electrons. The van der Waals surface area contributed by atoms with Crippen LogP contribution in [-0.2, 0) is 0 Å². The Labute approximate surface area is 120 Å². The number of nitrogens with zero attached hydrogens (tertiary/aromatic N) is 1. The molecule has 1 aliphatic heterocycles. The first kappa shape index (κ1) is 15.0. The number of hydrogen-bond acceptors (Lipinski definition) is 3. The average molecular weight is 276 g/mol. The van der Waals surface area contributed by atoms with E-state index < -0.39 is 0 Å². The Morgan fingerprint density at radius 1 is 1.50 bits per heavy atom. The molecule has 2 rings (SSSR count). The summed E-state index contributed by atoms with van der Waals surface area (Å²) in [4.78, 5) is 14.5. The monoisotopic (exact) mass is 276 g/mol. The maximum atomic E-state index is 12.7. The van der Waals surface area contributed by atoms with Crippen LogP contribution in [0.2, 0.25) is 0 Å². The van der Waals surface area contributed by atoms with Gasteiger partial charge in [0.25, 0.3) is 5.91 Å². The topological polar surface area (TPSA) is 52.6 Å². The molecule has 1 aromatic carbocycles. The standard InChI is InChI=1S/C16H24N2O2/c1-11(2)15-9-18(14(10-19)8-17-15)16(20)13-6-4-5-12(3)7-13/h4-7,11,14-15,17,19H,8-10H2,1-3H3. The fourth-order valence-electron chi connectivity index (χ4n) is 2.63. The van der Waals surface area contributed by atoms with Crippen molar-refractivity contribution in [2.45, 2.75) is 32.9 Å². The summed E-state index contributed by atoms with van der Waals surface area (Å²) in [5.41, 5.74) is 1.78. The molecule has 1 heterocycles. The minimum Gasteiger partial charge on any atom is -0.394 e. The molecule has 1 aromatic rings. The SMILES string of the molecule is Cc1cccc(C(=O)N2CC(C(C)C)NCC2CO)c1. The highest BCUT2D eigenvalue weighted by Crippen LogP contribution is 2.17. The van der Waals surface area contributed by atoms with E-state index in [0.717, 1.165) is 5.56 Å². The van der Waals surface area contributed by atoms with Crippen LogP contribution in [-0.4, -0.2) is 47.7 Å². The molecule has 2 unspecified atom stereocenters. The number of aliphatic hydroxyl groups is 1. The zero-order valence-electron chi connectivity index (χ0n) is 12.5. The first-order valence-corrected chi connectivity index (χ1v) is 7.24. The summed E-state index contributed by atoms with van der Waals surface area (Å²) in [6, 6.07) is 7.78. The van der Waals surface area contributed by atoms with Crippen molar-refractivity contribution in [3.05, 3.63) is 35.4 Å². The fraction of sp³-hybridized carbons (Fsp3) is 0.562. The van der Waals surface area contributed by atoms with Crippen LogP contribution in [0.4, 0.5) is 0 Å². The van der Waals surface area contributed by atoms with Gasteiger partial charge < -0.3 is 15.3 Å². The van der Waals surface area contributed by atoms with Gasteiger partial charge in [-0.25, -0.2) is 0 Å². The number of piperazine rings is 1. The number of amides is 1. The maximum Gasteiger partial charge on any atom is 0.254 e. The van der Waals surface area contributed by atoms with E-state index in [0.29, 0.717) is 24.6 Å². The Morgan fingerprint density at radius 3 is 2.85 bits per heavy atom. The van der Waals surface area contributed by atoms with Gasteiger partial charge in [0.1, 0.15) is 0 Å². The lowest BCUT2D eigenvalue weighted by Gasteiger charge is -2.41. The second kappa shape index (κ2) is 6.37. The summed E-state index contributed by atoms with van der Waals surface area (Å²) in [5, 5.41) is 12.9. The zero-order valence-corrected chi connectivity index (χ0v) is 12.5. The number of hydrogen-bond donors (Lipinski definition) is 2. The minimum absolute atomic E-state index is 0.00459. The Morgan fingerprint density at radius 2 is 2.25 bits per heavy atom. The van der Waals surface area contributed by atoms with Crippen LogP contribution in [0, 0.1) is 12.8 Å². The van der Waals surface area contributed by atoms with Crippen molar-refractivity contribution < 1.29 is 9.90 Å². The zero-order chi connectivity index (χ0) is 14.7. The van der Waals surface area contributed by atoms with Gasteiger partial charge in [-0.05, 0) is 25.0 Å². The van der Waals surface area contributed by atoms with E-state index >= 15 is 0 Å². The summed E-state index contributed by atoms with van der Waals surface area (Å²) in [7, 11) is 0. The highest BCUT2D eigenvalue weighted by molar-refractivity contribution is 5.94. The van der Waals surface area contributed by atoms with E-state index in [4.69, 9.17) is 0 Å². The van der Waals surface area contributed by atoms with E-state index in [-0.39, 0.29) is 24.6 Å². The van der Waals surface area contributed by atoms with Gasteiger partial charge in [-0.3, -0.25) is 4.79 Å². The van der Waals surface area contributed by atoms with E-state index in [9.17, 15) is 9.90 Å². The van der Waals surface area contributed by atoms with Crippen molar-refractivity contribution in [3.63, 3.8) is 0 Å². The lowest BCUT2D eigenvalue weighted by atomic mass is 9.98. The molecular weight excluding hydrogens is 252 g/mol. The number of rotatable bonds is 3. The van der Waals surface area contributed by atoms with Crippen LogP contribution in [0.1, 0.15) is 29.8 Å². The van der Waals surface area contributed by atoms with Gasteiger partial charge in [0.05, 0.1) is 12.6 Å². The van der Waals surface area contributed by atoms with Crippen molar-refractivity contribution in [3.8, 4) is 0 Å². The third kappa shape index (κ3) is 3.19. The van der Waals surface area contributed by atoms with Crippen LogP contribution >= 0.6 is 0 Å². The summed E-state index contributed by atoms with van der Waals surface area (Å²) < 4.78 is 0. The molecule has 0 bridgehead atoms. The van der Waals surface area contributed by atoms with E-state index in [1.807, 2.05) is 36.1 Å². The van der Waals surface area contributed by atoms with E-state index in [2.05, 4.69) is 19.2 Å². The normalized spacial score (nSPS) is 23.1. The number of nitrogens with one attached hydrogen (secondary N) is 1. The Kier molecular flexibility index (Phi) is 4.78. The molecule has 110 valence electrons. The molecule has 1 fully saturated rings. The quantitative estimate of drug-likeness (QED) is 0.878. The van der Waals surface area contributed by atoms with Crippen molar-refractivity contribution >= 4 is 5.91 Å². The highest BCUT2D eigenvalue weighted by Gasteiger charge is 2.32. The number of carbonyl (C=O) groups is 1. The van der Waals surface area contributed by atoms with Crippen molar-refractivity contribution in [2.24, 2.45) is 5.92 Å². The summed E-state index contributed by atoms with van der Waals surface area (Å²) >= 11 is 0. The van der Waals surface area contributed by atoms with Crippen LogP contribution < -0.4 is 5.32 Å². The molecule has 1 saturated heterocycles. The van der Waals surface area contributed by atoms with Gasteiger partial charge in [-0.15, -0.1) is 0 Å². The van der Waals surface area contributed by atoms with Crippen LogP contribution in [0.15, 0.2) is 24.3 Å². The van der Waals surface area contributed by atoms with Gasteiger partial charge >= 0.3 is 0 Å². The fourth-order valence-corrected chi connectivity index (χ4v) is 2.63. The number of carbonyl (C=O) groups excluding carboxylic acids is 1. The van der Waals surface area contributed by atoms with Crippen molar-refractivity contribution in [2.75, 3.05) is 19.7 Å². The largest absolute Gasteiger partial charge is 0.394 e. The molecule has 0 spiro atoms. The molecule has 0 aliphatic carbocycles. The predicted molar refractivity (Wildman–Crippen MR) is 79.7 cm³/mol. The maximum absolute atomic E-state index is 12.7. The van der Waals surface area contributed by atoms with Crippen molar-refractivity contribution in [1.82, 2.24) is 10.2 Å². The second-order valence-corrected chi connectivity index (χ2v) is 5.92. The number of aryl methyl sites for hydroxylation is 1. The highest BCUT2D eigenvalue weighted by atomic mass is 16.3. The lowest BCUT2D eigenvalue weighted by Crippen LogP contribution is -2.60. The van der Waals surface area contributed by atoms with Gasteiger partial charge in [-0.1, -0.05) is 31.5 Å². The summed E-state index contributed by atoms with van der Waals surface area (Å²) in [6.07, 6.45) is 0. The molecule has 0 saturated carbocycles. The van der Waals surface area contributed by atoms with E-state index in [1.54, 1.807) is 0 Å². The Bertz CT molecular complexity index is 473. The number of aliphatic hydroxyl groups excluding tert-OH is 1. The molecule has 4 heteroatoms. The molecular formula is C16H24N2O2. The number of benzene rings is 1. The predicted octanol–water partition coefficient (Wildman–Crippen LogP) is 1.43. The first-order valence-electron chi connectivity index (χ1n) is 7.24. The van der Waals surface area contributed by atoms with Gasteiger partial charge in [0, 0.05) is 24.7 Å². The third-order valence-electron chi connectivity index (χ3n) is 3.99. The van der Waals surface area contributed by atoms with Crippen molar-refractivity contribution in [1.29, 1.82) is 0 Å². The van der Waals surface area contributed by atoms with Crippen LogP contribution in [0.3, 0.4) is 0 Å². The second-order valence-electron chi connectivity index (χ2n) is 5.92. The third-order valence-corrected chi connectivity index (χ3v) is 3.99. The van der Waals surface area contributed by atoms with Crippen LogP contribution in [0.5, 0.6) is 0 Å². The van der Waals surface area contributed by atoms with Gasteiger partial charge in [0.15, 0.2) is 0 Å². The summed E-state index contributed by atoms with van der Waals surface area (Å²) in [6.45, 7) is 7.56. The molecule has 1 aliphatic rings. The Hall–Kier alpha value is -1.39. The molecule has 1 amide bonds. The Balaban J connectivity index is 2.20.